The Bertz CT molecular complexity index is 928. The molecule has 22 heavy (non-hydrogen) atoms. The van der Waals surface area contributed by atoms with Crippen LogP contribution in [0.1, 0.15) is 11.4 Å². The van der Waals surface area contributed by atoms with Crippen LogP contribution in [-0.4, -0.2) is 19.6 Å². The summed E-state index contributed by atoms with van der Waals surface area (Å²) in [6.07, 6.45) is 2.33. The van der Waals surface area contributed by atoms with Gasteiger partial charge in [0.1, 0.15) is 22.1 Å². The number of phenols is 1. The Balaban J connectivity index is 1.90. The van der Waals surface area contributed by atoms with E-state index in [1.54, 1.807) is 23.6 Å². The lowest BCUT2D eigenvalue weighted by molar-refractivity contribution is 0.469. The lowest BCUT2D eigenvalue weighted by Gasteiger charge is -2.07. The Morgan fingerprint density at radius 2 is 1.95 bits per heavy atom. The summed E-state index contributed by atoms with van der Waals surface area (Å²) < 4.78 is 2.06. The van der Waals surface area contributed by atoms with Gasteiger partial charge in [-0.1, -0.05) is 18.2 Å². The molecule has 0 unspecified atom stereocenters. The smallest absolute Gasteiger partial charge is 0.165 e. The molecule has 3 aromatic heterocycles. The van der Waals surface area contributed by atoms with E-state index >= 15 is 0 Å². The van der Waals surface area contributed by atoms with Crippen molar-refractivity contribution >= 4 is 22.5 Å². The van der Waals surface area contributed by atoms with Crippen molar-refractivity contribution in [2.24, 2.45) is 0 Å². The number of hydrogen-bond acceptors (Lipinski definition) is 4. The first-order valence-electron chi connectivity index (χ1n) is 6.96. The number of imidazole rings is 1. The molecule has 4 nitrogen and oxygen atoms in total. The van der Waals surface area contributed by atoms with Gasteiger partial charge in [0, 0.05) is 18.2 Å². The summed E-state index contributed by atoms with van der Waals surface area (Å²) in [6, 6.07) is 15.3. The first kappa shape index (κ1) is 13.0. The molecule has 3 heterocycles. The molecule has 4 rings (SSSR count). The molecule has 0 saturated carbocycles. The summed E-state index contributed by atoms with van der Waals surface area (Å²) in [5.74, 6) is 1.16. The zero-order valence-electron chi connectivity index (χ0n) is 11.7. The minimum Gasteiger partial charge on any atom is -0.508 e. The molecule has 0 spiro atoms. The van der Waals surface area contributed by atoms with Crippen LogP contribution < -0.4 is 0 Å². The predicted octanol–water partition coefficient (Wildman–Crippen LogP) is 3.78. The standard InChI is InChI=1S/C17H13N3OS/c21-14-7-2-1-5-12(14)11-15-19-13-6-3-9-18-17(13)20(15)16-8-4-10-22-16/h1-10,21H,11H2. The molecule has 0 aliphatic heterocycles. The number of fused-ring (bicyclic) bond motifs is 1. The number of hydrogen-bond donors (Lipinski definition) is 1. The van der Waals surface area contributed by atoms with Crippen molar-refractivity contribution in [1.29, 1.82) is 0 Å². The average Bonchev–Trinajstić information content (AvgIpc) is 3.16. The molecule has 1 N–H and O–H groups in total. The highest BCUT2D eigenvalue weighted by molar-refractivity contribution is 7.12. The van der Waals surface area contributed by atoms with Crippen molar-refractivity contribution in [1.82, 2.24) is 14.5 Å². The fourth-order valence-corrected chi connectivity index (χ4v) is 3.29. The minimum atomic E-state index is 0.292. The van der Waals surface area contributed by atoms with E-state index in [0.29, 0.717) is 12.2 Å². The Labute approximate surface area is 131 Å². The third-order valence-electron chi connectivity index (χ3n) is 3.55. The van der Waals surface area contributed by atoms with Crippen molar-refractivity contribution in [3.05, 3.63) is 71.5 Å². The Hall–Kier alpha value is -2.66. The molecule has 108 valence electrons. The van der Waals surface area contributed by atoms with Gasteiger partial charge in [0.25, 0.3) is 0 Å². The fraction of sp³-hybridized carbons (Fsp3) is 0.0588. The maximum absolute atomic E-state index is 10.0. The Morgan fingerprint density at radius 1 is 1.05 bits per heavy atom. The second-order valence-electron chi connectivity index (χ2n) is 4.97. The average molecular weight is 307 g/mol. The highest BCUT2D eigenvalue weighted by Crippen LogP contribution is 2.26. The van der Waals surface area contributed by atoms with Crippen LogP contribution in [0.3, 0.4) is 0 Å². The minimum absolute atomic E-state index is 0.292. The van der Waals surface area contributed by atoms with Crippen LogP contribution in [0.2, 0.25) is 0 Å². The maximum Gasteiger partial charge on any atom is 0.165 e. The number of aromatic nitrogens is 3. The SMILES string of the molecule is Oc1ccccc1Cc1nc2cccnc2n1-c1cccs1. The zero-order chi connectivity index (χ0) is 14.9. The summed E-state index contributed by atoms with van der Waals surface area (Å²) >= 11 is 1.64. The molecule has 0 aliphatic carbocycles. The van der Waals surface area contributed by atoms with E-state index in [4.69, 9.17) is 4.98 Å². The molecule has 0 atom stereocenters. The molecular formula is C17H13N3OS. The fourth-order valence-electron chi connectivity index (χ4n) is 2.54. The predicted molar refractivity (Wildman–Crippen MR) is 87.7 cm³/mol. The highest BCUT2D eigenvalue weighted by Gasteiger charge is 2.15. The molecule has 0 fully saturated rings. The quantitative estimate of drug-likeness (QED) is 0.626. The number of rotatable bonds is 3. The van der Waals surface area contributed by atoms with E-state index in [1.165, 1.54) is 0 Å². The summed E-state index contributed by atoms with van der Waals surface area (Å²) in [5.41, 5.74) is 2.56. The Morgan fingerprint density at radius 3 is 2.77 bits per heavy atom. The van der Waals surface area contributed by atoms with Crippen LogP contribution in [0.15, 0.2) is 60.1 Å². The van der Waals surface area contributed by atoms with Gasteiger partial charge in [0.15, 0.2) is 5.65 Å². The number of phenolic OH excluding ortho intramolecular Hbond substituents is 1. The molecule has 0 saturated heterocycles. The molecule has 0 radical (unpaired) electrons. The number of aromatic hydroxyl groups is 1. The normalized spacial score (nSPS) is 11.1. The third-order valence-corrected chi connectivity index (χ3v) is 4.41. The first-order valence-corrected chi connectivity index (χ1v) is 7.84. The van der Waals surface area contributed by atoms with Crippen molar-refractivity contribution in [2.45, 2.75) is 6.42 Å². The summed E-state index contributed by atoms with van der Waals surface area (Å²) in [6.45, 7) is 0. The van der Waals surface area contributed by atoms with E-state index in [1.807, 2.05) is 41.8 Å². The van der Waals surface area contributed by atoms with Crippen LogP contribution in [0.5, 0.6) is 5.75 Å². The van der Waals surface area contributed by atoms with E-state index < -0.39 is 0 Å². The van der Waals surface area contributed by atoms with Crippen molar-refractivity contribution in [2.75, 3.05) is 0 Å². The number of thiophene rings is 1. The molecule has 5 heteroatoms. The molecule has 0 amide bonds. The van der Waals surface area contributed by atoms with E-state index in [0.717, 1.165) is 27.6 Å². The van der Waals surface area contributed by atoms with Gasteiger partial charge in [-0.05, 0) is 35.7 Å². The monoisotopic (exact) mass is 307 g/mol. The molecular weight excluding hydrogens is 294 g/mol. The second-order valence-corrected chi connectivity index (χ2v) is 5.89. The number of pyridine rings is 1. The molecule has 0 bridgehead atoms. The van der Waals surface area contributed by atoms with Gasteiger partial charge >= 0.3 is 0 Å². The Kier molecular flexibility index (Phi) is 3.12. The van der Waals surface area contributed by atoms with Gasteiger partial charge in [-0.3, -0.25) is 4.57 Å². The van der Waals surface area contributed by atoms with Gasteiger partial charge in [-0.15, -0.1) is 11.3 Å². The zero-order valence-corrected chi connectivity index (χ0v) is 12.5. The summed E-state index contributed by atoms with van der Waals surface area (Å²) in [5, 5.41) is 13.1. The third kappa shape index (κ3) is 2.16. The first-order chi connectivity index (χ1) is 10.8. The van der Waals surface area contributed by atoms with Crippen molar-refractivity contribution in [3.8, 4) is 10.8 Å². The van der Waals surface area contributed by atoms with Gasteiger partial charge in [-0.25, -0.2) is 9.97 Å². The van der Waals surface area contributed by atoms with Gasteiger partial charge in [0.05, 0.1) is 0 Å². The number of nitrogens with zero attached hydrogens (tertiary/aromatic N) is 3. The van der Waals surface area contributed by atoms with Crippen LogP contribution >= 0.6 is 11.3 Å². The van der Waals surface area contributed by atoms with E-state index in [-0.39, 0.29) is 0 Å². The molecule has 0 aliphatic rings. The van der Waals surface area contributed by atoms with Crippen LogP contribution in [-0.2, 0) is 6.42 Å². The largest absolute Gasteiger partial charge is 0.508 e. The molecule has 1 aromatic carbocycles. The van der Waals surface area contributed by atoms with Gasteiger partial charge < -0.3 is 5.11 Å². The van der Waals surface area contributed by atoms with Crippen LogP contribution in [0.25, 0.3) is 16.2 Å². The van der Waals surface area contributed by atoms with Gasteiger partial charge in [-0.2, -0.15) is 0 Å². The summed E-state index contributed by atoms with van der Waals surface area (Å²) in [4.78, 5) is 9.17. The lowest BCUT2D eigenvalue weighted by atomic mass is 10.1. The number of para-hydroxylation sites is 1. The second kappa shape index (κ2) is 5.27. The maximum atomic E-state index is 10.0. The van der Waals surface area contributed by atoms with Crippen LogP contribution in [0.4, 0.5) is 0 Å². The van der Waals surface area contributed by atoms with Gasteiger partial charge in [0.2, 0.25) is 0 Å². The van der Waals surface area contributed by atoms with Crippen molar-refractivity contribution < 1.29 is 5.11 Å². The summed E-state index contributed by atoms with van der Waals surface area (Å²) in [7, 11) is 0. The lowest BCUT2D eigenvalue weighted by Crippen LogP contribution is -2.01. The van der Waals surface area contributed by atoms with Crippen LogP contribution in [0, 0.1) is 0 Å². The number of benzene rings is 1. The van der Waals surface area contributed by atoms with E-state index in [2.05, 4.69) is 15.6 Å². The highest BCUT2D eigenvalue weighted by atomic mass is 32.1. The molecule has 4 aromatic rings. The van der Waals surface area contributed by atoms with E-state index in [9.17, 15) is 5.11 Å². The topological polar surface area (TPSA) is 50.9 Å². The van der Waals surface area contributed by atoms with Crippen molar-refractivity contribution in [3.63, 3.8) is 0 Å².